The van der Waals surface area contributed by atoms with Crippen molar-refractivity contribution in [1.29, 1.82) is 0 Å². The van der Waals surface area contributed by atoms with Crippen LogP contribution in [0, 0.1) is 11.3 Å². The molecule has 78 valence electrons. The number of hydrogen-bond donors (Lipinski definition) is 1. The fourth-order valence-corrected chi connectivity index (χ4v) is 1.06. The summed E-state index contributed by atoms with van der Waals surface area (Å²) in [6.07, 6.45) is 0. The van der Waals surface area contributed by atoms with Gasteiger partial charge >= 0.3 is 5.97 Å². The van der Waals surface area contributed by atoms with Crippen molar-refractivity contribution < 1.29 is 14.6 Å². The Morgan fingerprint density at radius 2 is 1.69 bits per heavy atom. The summed E-state index contributed by atoms with van der Waals surface area (Å²) >= 11 is 0. The Morgan fingerprint density at radius 1 is 1.31 bits per heavy atom. The first-order chi connectivity index (χ1) is 5.64. The van der Waals surface area contributed by atoms with Gasteiger partial charge in [-0.05, 0) is 19.3 Å². The lowest BCUT2D eigenvalue weighted by Crippen LogP contribution is -2.48. The smallest absolute Gasteiger partial charge is 0.311 e. The predicted octanol–water partition coefficient (Wildman–Crippen LogP) is 1.59. The number of aliphatic hydroxyl groups is 1. The van der Waals surface area contributed by atoms with Crippen LogP contribution in [0.1, 0.15) is 34.6 Å². The van der Waals surface area contributed by atoms with E-state index in [0.29, 0.717) is 0 Å². The molecule has 0 heterocycles. The van der Waals surface area contributed by atoms with Crippen molar-refractivity contribution in [2.75, 3.05) is 7.11 Å². The number of ether oxygens (including phenoxy) is 1. The fourth-order valence-electron chi connectivity index (χ4n) is 1.06. The van der Waals surface area contributed by atoms with E-state index in [0.717, 1.165) is 0 Å². The molecule has 2 atom stereocenters. The van der Waals surface area contributed by atoms with Crippen LogP contribution < -0.4 is 0 Å². The van der Waals surface area contributed by atoms with Crippen LogP contribution in [0.2, 0.25) is 0 Å². The molecule has 0 fully saturated rings. The molecule has 0 bridgehead atoms. The van der Waals surface area contributed by atoms with Gasteiger partial charge in [-0.15, -0.1) is 0 Å². The summed E-state index contributed by atoms with van der Waals surface area (Å²) < 4.78 is 4.59. The Hall–Kier alpha value is -0.570. The first-order valence-electron chi connectivity index (χ1n) is 4.44. The number of carbonyl (C=O) groups is 1. The molecule has 0 aliphatic rings. The second-order valence-electron chi connectivity index (χ2n) is 4.64. The lowest BCUT2D eigenvalue weighted by molar-refractivity contribution is -0.162. The number of rotatable bonds is 2. The molecule has 0 aromatic heterocycles. The Kier molecular flexibility index (Phi) is 3.50. The third-order valence-electron chi connectivity index (χ3n) is 2.92. The highest BCUT2D eigenvalue weighted by atomic mass is 16.5. The Morgan fingerprint density at radius 3 is 1.92 bits per heavy atom. The average Bonchev–Trinajstić information content (AvgIpc) is 1.99. The highest BCUT2D eigenvalue weighted by Gasteiger charge is 2.44. The Bertz CT molecular complexity index is 189. The zero-order valence-electron chi connectivity index (χ0n) is 9.34. The van der Waals surface area contributed by atoms with Crippen molar-refractivity contribution in [3.05, 3.63) is 0 Å². The maximum Gasteiger partial charge on any atom is 0.311 e. The molecule has 0 aliphatic carbocycles. The van der Waals surface area contributed by atoms with Crippen LogP contribution >= 0.6 is 0 Å². The first kappa shape index (κ1) is 12.4. The monoisotopic (exact) mass is 188 g/mol. The van der Waals surface area contributed by atoms with Crippen LogP contribution in [-0.2, 0) is 9.53 Å². The van der Waals surface area contributed by atoms with Gasteiger partial charge in [0.2, 0.25) is 0 Å². The van der Waals surface area contributed by atoms with Gasteiger partial charge in [0.15, 0.2) is 0 Å². The van der Waals surface area contributed by atoms with E-state index in [2.05, 4.69) is 4.74 Å². The number of carbonyl (C=O) groups excluding carboxylic acids is 1. The van der Waals surface area contributed by atoms with E-state index in [1.54, 1.807) is 13.8 Å². The third kappa shape index (κ3) is 2.44. The second-order valence-corrected chi connectivity index (χ2v) is 4.64. The summed E-state index contributed by atoms with van der Waals surface area (Å²) in [4.78, 5) is 11.2. The van der Waals surface area contributed by atoms with Gasteiger partial charge in [0.05, 0.1) is 18.6 Å². The van der Waals surface area contributed by atoms with Crippen molar-refractivity contribution in [3.63, 3.8) is 0 Å². The van der Waals surface area contributed by atoms with Crippen molar-refractivity contribution >= 4 is 5.97 Å². The van der Waals surface area contributed by atoms with Gasteiger partial charge in [0.1, 0.15) is 0 Å². The molecule has 0 unspecified atom stereocenters. The van der Waals surface area contributed by atoms with E-state index < -0.39 is 11.5 Å². The highest BCUT2D eigenvalue weighted by molar-refractivity contribution is 5.73. The normalized spacial score (nSPS) is 19.0. The van der Waals surface area contributed by atoms with Gasteiger partial charge in [-0.2, -0.15) is 0 Å². The van der Waals surface area contributed by atoms with Gasteiger partial charge in [-0.3, -0.25) is 4.79 Å². The summed E-state index contributed by atoms with van der Waals surface area (Å²) in [5.41, 5.74) is -1.40. The van der Waals surface area contributed by atoms with Gasteiger partial charge in [-0.25, -0.2) is 0 Å². The van der Waals surface area contributed by atoms with Crippen LogP contribution in [0.4, 0.5) is 0 Å². The Labute approximate surface area is 80.1 Å². The lowest BCUT2D eigenvalue weighted by Gasteiger charge is -2.40. The number of hydrogen-bond acceptors (Lipinski definition) is 3. The minimum atomic E-state index is -1.06. The summed E-state index contributed by atoms with van der Waals surface area (Å²) in [7, 11) is 1.33. The molecule has 3 nitrogen and oxygen atoms in total. The molecule has 1 N–H and O–H groups in total. The van der Waals surface area contributed by atoms with Crippen molar-refractivity contribution in [2.45, 2.75) is 40.2 Å². The number of methoxy groups -OCH3 is 1. The molecule has 0 rings (SSSR count). The maximum absolute atomic E-state index is 11.2. The van der Waals surface area contributed by atoms with Crippen molar-refractivity contribution in [1.82, 2.24) is 0 Å². The van der Waals surface area contributed by atoms with E-state index in [4.69, 9.17) is 0 Å². The first-order valence-corrected chi connectivity index (χ1v) is 4.44. The van der Waals surface area contributed by atoms with E-state index >= 15 is 0 Å². The van der Waals surface area contributed by atoms with E-state index in [-0.39, 0.29) is 11.4 Å². The molecule has 0 saturated carbocycles. The summed E-state index contributed by atoms with van der Waals surface area (Å²) in [5, 5.41) is 10.1. The lowest BCUT2D eigenvalue weighted by atomic mass is 9.71. The third-order valence-corrected chi connectivity index (χ3v) is 2.92. The quantitative estimate of drug-likeness (QED) is 0.669. The molecule has 0 aromatic rings. The van der Waals surface area contributed by atoms with Crippen LogP contribution in [0.25, 0.3) is 0 Å². The maximum atomic E-state index is 11.2. The molecule has 0 saturated heterocycles. The van der Waals surface area contributed by atoms with Gasteiger partial charge in [-0.1, -0.05) is 20.8 Å². The SMILES string of the molecule is COC(=O)[C@@H](C)[C@@](C)(O)C(C)(C)C. The molecular weight excluding hydrogens is 168 g/mol. The van der Waals surface area contributed by atoms with Crippen LogP contribution in [-0.4, -0.2) is 23.8 Å². The second kappa shape index (κ2) is 3.66. The minimum absolute atomic E-state index is 0.347. The zero-order chi connectivity index (χ0) is 10.9. The molecule has 13 heavy (non-hydrogen) atoms. The zero-order valence-corrected chi connectivity index (χ0v) is 9.34. The van der Waals surface area contributed by atoms with Gasteiger partial charge < -0.3 is 9.84 Å². The van der Waals surface area contributed by atoms with Crippen LogP contribution in [0.5, 0.6) is 0 Å². The molecule has 0 amide bonds. The fraction of sp³-hybridized carbons (Fsp3) is 0.900. The van der Waals surface area contributed by atoms with Crippen LogP contribution in [0.3, 0.4) is 0 Å². The van der Waals surface area contributed by atoms with Crippen molar-refractivity contribution in [3.8, 4) is 0 Å². The van der Waals surface area contributed by atoms with E-state index in [9.17, 15) is 9.90 Å². The standard InChI is InChI=1S/C10H20O3/c1-7(8(11)13-6)10(5,12)9(2,3)4/h7,12H,1-6H3/t7-,10-/m1/s1. The van der Waals surface area contributed by atoms with Gasteiger partial charge in [0.25, 0.3) is 0 Å². The van der Waals surface area contributed by atoms with Crippen LogP contribution in [0.15, 0.2) is 0 Å². The summed E-state index contributed by atoms with van der Waals surface area (Å²) in [6, 6.07) is 0. The summed E-state index contributed by atoms with van der Waals surface area (Å²) in [6.45, 7) is 9.02. The van der Waals surface area contributed by atoms with E-state index in [1.807, 2.05) is 20.8 Å². The average molecular weight is 188 g/mol. The molecular formula is C10H20O3. The molecule has 0 aromatic carbocycles. The minimum Gasteiger partial charge on any atom is -0.469 e. The van der Waals surface area contributed by atoms with Crippen molar-refractivity contribution in [2.24, 2.45) is 11.3 Å². The molecule has 0 aliphatic heterocycles. The number of esters is 1. The Balaban J connectivity index is 4.74. The largest absolute Gasteiger partial charge is 0.469 e. The highest BCUT2D eigenvalue weighted by Crippen LogP contribution is 2.36. The topological polar surface area (TPSA) is 46.5 Å². The molecule has 0 radical (unpaired) electrons. The molecule has 0 spiro atoms. The van der Waals surface area contributed by atoms with E-state index in [1.165, 1.54) is 7.11 Å². The summed E-state index contributed by atoms with van der Waals surface area (Å²) in [5.74, 6) is -0.891. The predicted molar refractivity (Wildman–Crippen MR) is 51.3 cm³/mol. The van der Waals surface area contributed by atoms with Gasteiger partial charge in [0, 0.05) is 0 Å². The molecule has 3 heteroatoms.